The van der Waals surface area contributed by atoms with Crippen molar-refractivity contribution in [3.8, 4) is 0 Å². The molecule has 3 heteroatoms. The van der Waals surface area contributed by atoms with Gasteiger partial charge in [0, 0.05) is 18.3 Å². The summed E-state index contributed by atoms with van der Waals surface area (Å²) in [5.74, 6) is 0.189. The first-order valence-electron chi connectivity index (χ1n) is 6.78. The second-order valence-electron chi connectivity index (χ2n) is 5.75. The van der Waals surface area contributed by atoms with Crippen LogP contribution in [0.1, 0.15) is 32.3 Å². The van der Waals surface area contributed by atoms with Crippen LogP contribution in [0.2, 0.25) is 0 Å². The van der Waals surface area contributed by atoms with E-state index in [1.165, 1.54) is 5.56 Å². The summed E-state index contributed by atoms with van der Waals surface area (Å²) in [5.41, 5.74) is 1.90. The van der Waals surface area contributed by atoms with Gasteiger partial charge in [0.2, 0.25) is 5.91 Å². The number of carbonyl (C=O) groups is 1. The molecule has 0 saturated carbocycles. The number of carbonyl (C=O) groups excluding carboxylic acids is 1. The smallest absolute Gasteiger partial charge is 0.236 e. The van der Waals surface area contributed by atoms with Crippen molar-refractivity contribution in [1.82, 2.24) is 4.90 Å². The van der Waals surface area contributed by atoms with E-state index >= 15 is 0 Å². The summed E-state index contributed by atoms with van der Waals surface area (Å²) in [4.78, 5) is 14.9. The van der Waals surface area contributed by atoms with Crippen molar-refractivity contribution in [2.75, 3.05) is 18.4 Å². The minimum atomic E-state index is -0.306. The largest absolute Gasteiger partial charge is 0.325 e. The minimum Gasteiger partial charge on any atom is -0.325 e. The SMILES string of the molecule is CC(C)N1CCC[C@@]2(C1)C(=O)Nc1ccccc12. The molecule has 2 aliphatic rings. The predicted octanol–water partition coefficient (Wildman–Crippen LogP) is 2.38. The number of rotatable bonds is 1. The Labute approximate surface area is 108 Å². The summed E-state index contributed by atoms with van der Waals surface area (Å²) < 4.78 is 0. The van der Waals surface area contributed by atoms with Gasteiger partial charge in [0.1, 0.15) is 0 Å². The number of benzene rings is 1. The summed E-state index contributed by atoms with van der Waals surface area (Å²) in [6.45, 7) is 6.37. The van der Waals surface area contributed by atoms with E-state index in [2.05, 4.69) is 30.1 Å². The van der Waals surface area contributed by atoms with Gasteiger partial charge in [0.25, 0.3) is 0 Å². The number of anilines is 1. The molecule has 3 rings (SSSR count). The first-order valence-corrected chi connectivity index (χ1v) is 6.78. The molecule has 2 aliphatic heterocycles. The maximum Gasteiger partial charge on any atom is 0.236 e. The number of nitrogens with zero attached hydrogens (tertiary/aromatic N) is 1. The van der Waals surface area contributed by atoms with Crippen LogP contribution >= 0.6 is 0 Å². The standard InChI is InChI=1S/C15H20N2O/c1-11(2)17-9-5-8-15(10-17)12-6-3-4-7-13(12)16-14(15)18/h3-4,6-7,11H,5,8-10H2,1-2H3,(H,16,18)/t15-/m0/s1. The number of hydrogen-bond donors (Lipinski definition) is 1. The number of piperidine rings is 1. The van der Waals surface area contributed by atoms with Crippen molar-refractivity contribution in [2.45, 2.75) is 38.1 Å². The first kappa shape index (κ1) is 11.7. The molecule has 1 N–H and O–H groups in total. The lowest BCUT2D eigenvalue weighted by molar-refractivity contribution is -0.123. The lowest BCUT2D eigenvalue weighted by Gasteiger charge is -2.41. The molecule has 1 amide bonds. The Morgan fingerprint density at radius 3 is 2.89 bits per heavy atom. The number of fused-ring (bicyclic) bond motifs is 2. The molecule has 2 heterocycles. The van der Waals surface area contributed by atoms with Gasteiger partial charge in [0.05, 0.1) is 5.41 Å². The third-order valence-electron chi connectivity index (χ3n) is 4.38. The molecule has 0 unspecified atom stereocenters. The molecule has 0 aliphatic carbocycles. The van der Waals surface area contributed by atoms with Gasteiger partial charge in [-0.15, -0.1) is 0 Å². The predicted molar refractivity (Wildman–Crippen MR) is 72.7 cm³/mol. The summed E-state index contributed by atoms with van der Waals surface area (Å²) in [6, 6.07) is 8.65. The molecule has 1 fully saturated rings. The van der Waals surface area contributed by atoms with Crippen molar-refractivity contribution in [3.63, 3.8) is 0 Å². The highest BCUT2D eigenvalue weighted by Crippen LogP contribution is 2.43. The van der Waals surface area contributed by atoms with Crippen LogP contribution in [-0.2, 0) is 10.2 Å². The van der Waals surface area contributed by atoms with Crippen LogP contribution < -0.4 is 5.32 Å². The van der Waals surface area contributed by atoms with Gasteiger partial charge in [-0.05, 0) is 44.9 Å². The second-order valence-corrected chi connectivity index (χ2v) is 5.75. The molecule has 0 radical (unpaired) electrons. The molecule has 0 bridgehead atoms. The Morgan fingerprint density at radius 2 is 2.11 bits per heavy atom. The van der Waals surface area contributed by atoms with E-state index < -0.39 is 0 Å². The van der Waals surface area contributed by atoms with Crippen LogP contribution in [0, 0.1) is 0 Å². The van der Waals surface area contributed by atoms with E-state index in [1.807, 2.05) is 18.2 Å². The van der Waals surface area contributed by atoms with E-state index in [0.29, 0.717) is 6.04 Å². The number of hydrogen-bond acceptors (Lipinski definition) is 2. The molecule has 1 saturated heterocycles. The average molecular weight is 244 g/mol. The Morgan fingerprint density at radius 1 is 1.33 bits per heavy atom. The van der Waals surface area contributed by atoms with Crippen LogP contribution in [0.3, 0.4) is 0 Å². The fourth-order valence-corrected chi connectivity index (χ4v) is 3.31. The van der Waals surface area contributed by atoms with Gasteiger partial charge in [-0.3, -0.25) is 9.69 Å². The summed E-state index contributed by atoms with van der Waals surface area (Å²) in [6.07, 6.45) is 2.07. The van der Waals surface area contributed by atoms with Gasteiger partial charge in [-0.25, -0.2) is 0 Å². The van der Waals surface area contributed by atoms with Gasteiger partial charge in [-0.1, -0.05) is 18.2 Å². The van der Waals surface area contributed by atoms with Crippen LogP contribution in [-0.4, -0.2) is 29.9 Å². The number of amides is 1. The van der Waals surface area contributed by atoms with Crippen LogP contribution in [0.4, 0.5) is 5.69 Å². The Kier molecular flexibility index (Phi) is 2.67. The van der Waals surface area contributed by atoms with Crippen molar-refractivity contribution in [2.24, 2.45) is 0 Å². The van der Waals surface area contributed by atoms with Crippen LogP contribution in [0.5, 0.6) is 0 Å². The number of likely N-dealkylation sites (tertiary alicyclic amines) is 1. The topological polar surface area (TPSA) is 32.3 Å². The molecule has 1 spiro atoms. The molecule has 1 atom stereocenters. The number of para-hydroxylation sites is 1. The summed E-state index contributed by atoms with van der Waals surface area (Å²) in [5, 5.41) is 3.05. The molecular formula is C15H20N2O. The average Bonchev–Trinajstić information content (AvgIpc) is 2.63. The highest BCUT2D eigenvalue weighted by Gasteiger charge is 2.49. The van der Waals surface area contributed by atoms with Crippen LogP contribution in [0.15, 0.2) is 24.3 Å². The zero-order chi connectivity index (χ0) is 12.8. The van der Waals surface area contributed by atoms with Crippen molar-refractivity contribution >= 4 is 11.6 Å². The van der Waals surface area contributed by atoms with Gasteiger partial charge < -0.3 is 5.32 Å². The maximum atomic E-state index is 12.4. The highest BCUT2D eigenvalue weighted by molar-refractivity contribution is 6.06. The van der Waals surface area contributed by atoms with Crippen molar-refractivity contribution in [3.05, 3.63) is 29.8 Å². The third kappa shape index (κ3) is 1.57. The van der Waals surface area contributed by atoms with E-state index in [-0.39, 0.29) is 11.3 Å². The van der Waals surface area contributed by atoms with Crippen LogP contribution in [0.25, 0.3) is 0 Å². The van der Waals surface area contributed by atoms with E-state index in [4.69, 9.17) is 0 Å². The van der Waals surface area contributed by atoms with Gasteiger partial charge in [-0.2, -0.15) is 0 Å². The second kappa shape index (κ2) is 4.09. The fraction of sp³-hybridized carbons (Fsp3) is 0.533. The minimum absolute atomic E-state index is 0.189. The zero-order valence-electron chi connectivity index (χ0n) is 11.1. The molecule has 1 aromatic carbocycles. The Balaban J connectivity index is 2.01. The van der Waals surface area contributed by atoms with Gasteiger partial charge >= 0.3 is 0 Å². The Hall–Kier alpha value is -1.35. The molecule has 18 heavy (non-hydrogen) atoms. The Bertz CT molecular complexity index is 483. The highest BCUT2D eigenvalue weighted by atomic mass is 16.2. The lowest BCUT2D eigenvalue weighted by Crippen LogP contribution is -2.51. The van der Waals surface area contributed by atoms with E-state index in [1.54, 1.807) is 0 Å². The van der Waals surface area contributed by atoms with Gasteiger partial charge in [0.15, 0.2) is 0 Å². The first-order chi connectivity index (χ1) is 8.63. The van der Waals surface area contributed by atoms with Crippen molar-refractivity contribution in [1.29, 1.82) is 0 Å². The normalized spacial score (nSPS) is 27.6. The van der Waals surface area contributed by atoms with Crippen molar-refractivity contribution < 1.29 is 4.79 Å². The summed E-state index contributed by atoms with van der Waals surface area (Å²) in [7, 11) is 0. The van der Waals surface area contributed by atoms with E-state index in [9.17, 15) is 4.79 Å². The fourth-order valence-electron chi connectivity index (χ4n) is 3.31. The third-order valence-corrected chi connectivity index (χ3v) is 4.38. The number of nitrogens with one attached hydrogen (secondary N) is 1. The molecule has 1 aromatic rings. The molecule has 3 nitrogen and oxygen atoms in total. The maximum absolute atomic E-state index is 12.4. The molecule has 0 aromatic heterocycles. The quantitative estimate of drug-likeness (QED) is 0.822. The molecule has 96 valence electrons. The molecular weight excluding hydrogens is 224 g/mol. The zero-order valence-corrected chi connectivity index (χ0v) is 11.1. The monoisotopic (exact) mass is 244 g/mol. The lowest BCUT2D eigenvalue weighted by atomic mass is 9.75. The van der Waals surface area contributed by atoms with E-state index in [0.717, 1.165) is 31.6 Å². The summed E-state index contributed by atoms with van der Waals surface area (Å²) >= 11 is 0.